The van der Waals surface area contributed by atoms with Crippen LogP contribution in [-0.2, 0) is 36.1 Å². The van der Waals surface area contributed by atoms with Crippen LogP contribution in [-0.4, -0.2) is 3.21 Å². The first kappa shape index (κ1) is 40.1. The summed E-state index contributed by atoms with van der Waals surface area (Å²) in [6, 6.07) is 26.0. The molecule has 0 aliphatic heterocycles. The van der Waals surface area contributed by atoms with Gasteiger partial charge in [0.05, 0.1) is 0 Å². The van der Waals surface area contributed by atoms with Crippen molar-refractivity contribution < 1.29 is 49.0 Å². The molecule has 0 aromatic heterocycles. The summed E-state index contributed by atoms with van der Waals surface area (Å²) in [5.41, 5.74) is 11.7. The zero-order chi connectivity index (χ0) is 33.1. The number of allylic oxidation sites excluding steroid dienone is 8. The van der Waals surface area contributed by atoms with E-state index < -0.39 is 0 Å². The molecule has 3 aliphatic carbocycles. The van der Waals surface area contributed by atoms with Crippen molar-refractivity contribution in [2.24, 2.45) is 10.8 Å². The fourth-order valence-corrected chi connectivity index (χ4v) is 8.12. The molecule has 3 aromatic rings. The molecule has 0 radical (unpaired) electrons. The van der Waals surface area contributed by atoms with E-state index in [-0.39, 0.29) is 41.1 Å². The molecule has 3 aromatic carbocycles. The van der Waals surface area contributed by atoms with Gasteiger partial charge in [-0.05, 0) is 35.5 Å². The van der Waals surface area contributed by atoms with E-state index in [1.807, 2.05) is 0 Å². The molecule has 0 amide bonds. The van der Waals surface area contributed by atoms with E-state index in [0.717, 1.165) is 12.8 Å². The quantitative estimate of drug-likeness (QED) is 0.319. The summed E-state index contributed by atoms with van der Waals surface area (Å²) >= 11 is 1.46. The molecule has 1 unspecified atom stereocenters. The number of fused-ring (bicyclic) bond motifs is 2. The van der Waals surface area contributed by atoms with Crippen LogP contribution in [0.2, 0.25) is 0 Å². The van der Waals surface area contributed by atoms with Crippen LogP contribution in [0.5, 0.6) is 0 Å². The van der Waals surface area contributed by atoms with Crippen LogP contribution >= 0.6 is 0 Å². The number of hydrogen-bond donors (Lipinski definition) is 0. The molecule has 3 heteroatoms. The van der Waals surface area contributed by atoms with Crippen molar-refractivity contribution in [2.45, 2.75) is 92.9 Å². The van der Waals surface area contributed by atoms with Gasteiger partial charge >= 0.3 is 99.2 Å². The molecule has 0 spiro atoms. The number of hydrogen-bond acceptors (Lipinski definition) is 0. The van der Waals surface area contributed by atoms with E-state index in [9.17, 15) is 0 Å². The van der Waals surface area contributed by atoms with E-state index in [4.69, 9.17) is 0 Å². The van der Waals surface area contributed by atoms with Gasteiger partial charge < -0.3 is 24.8 Å². The number of benzene rings is 3. The zero-order valence-electron chi connectivity index (χ0n) is 30.1. The molecule has 0 heterocycles. The van der Waals surface area contributed by atoms with Gasteiger partial charge in [0.25, 0.3) is 0 Å². The summed E-state index contributed by atoms with van der Waals surface area (Å²) in [7, 11) is 0. The molecule has 0 fully saturated rings. The zero-order valence-corrected chi connectivity index (χ0v) is 34.1. The van der Waals surface area contributed by atoms with Crippen LogP contribution in [0.3, 0.4) is 0 Å². The SMILES string of the molecule is CCCc1cc(C(C)(C)C)cc2c1=C1C=CC(CCC)(C(C)(C)C)C(C3=CC=CC3)=C1[C-]=2.[Cl-].[Cl-].[Zr+2]=[C](c1ccccc1)c1ccccc1. The summed E-state index contributed by atoms with van der Waals surface area (Å²) in [5, 5.41) is 2.75. The molecule has 3 aliphatic rings. The van der Waals surface area contributed by atoms with Crippen molar-refractivity contribution in [1.82, 2.24) is 0 Å². The normalized spacial score (nSPS) is 17.7. The first-order valence-electron chi connectivity index (χ1n) is 17.2. The maximum atomic E-state index is 3.98. The second kappa shape index (κ2) is 16.6. The second-order valence-electron chi connectivity index (χ2n) is 15.1. The van der Waals surface area contributed by atoms with Crippen LogP contribution in [0.1, 0.15) is 103 Å². The van der Waals surface area contributed by atoms with Crippen LogP contribution < -0.4 is 35.3 Å². The molecular weight excluding hydrogens is 703 g/mol. The number of halogens is 2. The summed E-state index contributed by atoms with van der Waals surface area (Å²) in [5.74, 6) is 0. The third-order valence-electron chi connectivity index (χ3n) is 9.83. The first-order valence-corrected chi connectivity index (χ1v) is 18.5. The Labute approximate surface area is 318 Å². The van der Waals surface area contributed by atoms with Crippen molar-refractivity contribution in [2.75, 3.05) is 0 Å². The number of aryl methyl sites for hydroxylation is 1. The molecule has 0 bridgehead atoms. The van der Waals surface area contributed by atoms with Crippen LogP contribution in [0.15, 0.2) is 120 Å². The monoisotopic (exact) mass is 751 g/mol. The van der Waals surface area contributed by atoms with E-state index >= 15 is 0 Å². The Morgan fingerprint density at radius 3 is 1.92 bits per heavy atom. The van der Waals surface area contributed by atoms with Crippen molar-refractivity contribution >= 4 is 14.9 Å². The first-order chi connectivity index (χ1) is 21.9. The Balaban J connectivity index is 0.000000329. The minimum atomic E-state index is 0. The van der Waals surface area contributed by atoms with Crippen molar-refractivity contribution in [3.05, 3.63) is 153 Å². The Morgan fingerprint density at radius 2 is 1.44 bits per heavy atom. The molecular formula is C45H51Cl2Zr-. The van der Waals surface area contributed by atoms with Gasteiger partial charge in [-0.1, -0.05) is 127 Å². The Bertz CT molecular complexity index is 1800. The summed E-state index contributed by atoms with van der Waals surface area (Å²) in [6.07, 6.45) is 21.6. The van der Waals surface area contributed by atoms with Gasteiger partial charge in [-0.2, -0.15) is 0 Å². The van der Waals surface area contributed by atoms with E-state index in [1.165, 1.54) is 102 Å². The van der Waals surface area contributed by atoms with Crippen LogP contribution in [0.25, 0.3) is 11.6 Å². The summed E-state index contributed by atoms with van der Waals surface area (Å²) in [4.78, 5) is 0. The van der Waals surface area contributed by atoms with Gasteiger partial charge in [-0.3, -0.25) is 0 Å². The van der Waals surface area contributed by atoms with E-state index in [0.29, 0.717) is 0 Å². The standard InChI is InChI=1S/C32H41.C13H10.2ClH.Zr/c1-9-13-23-19-25(30(3,4)5)20-24-21-27-26(28(23)24)16-18-32(17-10-2,31(6,7)8)29(27)22-14-11-12-15-22;1-3-7-12(8-4-1)11-13-9-5-2-6-10-13;;;/h11-12,14,16,18-20H,9-10,13,15,17H2,1-8H3;1-10H;2*1H;/q-1;;;;+2/p-2. The second-order valence-corrected chi connectivity index (χ2v) is 16.3. The predicted molar refractivity (Wildman–Crippen MR) is 196 cm³/mol. The fourth-order valence-electron chi connectivity index (χ4n) is 7.30. The third kappa shape index (κ3) is 8.18. The van der Waals surface area contributed by atoms with E-state index in [2.05, 4.69) is 165 Å². The van der Waals surface area contributed by atoms with Crippen molar-refractivity contribution in [3.8, 4) is 0 Å². The molecule has 0 saturated heterocycles. The Kier molecular flexibility index (Phi) is 13.9. The van der Waals surface area contributed by atoms with Gasteiger partial charge in [-0.25, -0.2) is 0 Å². The number of rotatable bonds is 7. The maximum absolute atomic E-state index is 3.98. The molecule has 6 rings (SSSR count). The fraction of sp³-hybridized carbons (Fsp3) is 0.356. The van der Waals surface area contributed by atoms with Crippen molar-refractivity contribution in [1.29, 1.82) is 0 Å². The minimum absolute atomic E-state index is 0. The van der Waals surface area contributed by atoms with Gasteiger partial charge in [0.1, 0.15) is 0 Å². The average molecular weight is 754 g/mol. The predicted octanol–water partition coefficient (Wildman–Crippen LogP) is 4.15. The summed E-state index contributed by atoms with van der Waals surface area (Å²) < 4.78 is 1.42. The molecule has 0 N–H and O–H groups in total. The molecule has 250 valence electrons. The molecule has 48 heavy (non-hydrogen) atoms. The molecule has 0 nitrogen and oxygen atoms in total. The Hall–Kier alpha value is -2.31. The van der Waals surface area contributed by atoms with Gasteiger partial charge in [0.2, 0.25) is 0 Å². The van der Waals surface area contributed by atoms with Gasteiger partial charge in [0.15, 0.2) is 0 Å². The van der Waals surface area contributed by atoms with Gasteiger partial charge in [-0.15, -0.1) is 33.7 Å². The van der Waals surface area contributed by atoms with E-state index in [1.54, 1.807) is 0 Å². The van der Waals surface area contributed by atoms with Crippen LogP contribution in [0.4, 0.5) is 0 Å². The Morgan fingerprint density at radius 1 is 0.833 bits per heavy atom. The van der Waals surface area contributed by atoms with Crippen LogP contribution in [0, 0.1) is 10.8 Å². The summed E-state index contributed by atoms with van der Waals surface area (Å²) in [6.45, 7) is 18.9. The third-order valence-corrected chi connectivity index (χ3v) is 11.3. The molecule has 1 atom stereocenters. The van der Waals surface area contributed by atoms with Gasteiger partial charge in [0, 0.05) is 0 Å². The van der Waals surface area contributed by atoms with Crippen molar-refractivity contribution in [3.63, 3.8) is 0 Å². The molecule has 0 saturated carbocycles. The average Bonchev–Trinajstić information content (AvgIpc) is 3.69. The topological polar surface area (TPSA) is 0 Å².